The lowest BCUT2D eigenvalue weighted by atomic mass is 10.3. The number of hydrogen-bond donors (Lipinski definition) is 1. The van der Waals surface area contributed by atoms with E-state index in [4.69, 9.17) is 11.6 Å². The Bertz CT molecular complexity index is 710. The third-order valence-electron chi connectivity index (χ3n) is 3.07. The predicted octanol–water partition coefficient (Wildman–Crippen LogP) is 2.38. The summed E-state index contributed by atoms with van der Waals surface area (Å²) < 4.78 is 16.4. The van der Waals surface area contributed by atoms with Gasteiger partial charge in [-0.25, -0.2) is 13.8 Å². The molecule has 1 aliphatic rings. The number of benzene rings is 1. The Morgan fingerprint density at radius 3 is 2.89 bits per heavy atom. The molecule has 2 heterocycles. The molecule has 0 amide bonds. The highest BCUT2D eigenvalue weighted by molar-refractivity contribution is 7.98. The minimum atomic E-state index is -0.638. The van der Waals surface area contributed by atoms with Crippen LogP contribution in [0.25, 0.3) is 5.69 Å². The maximum atomic E-state index is 13.9. The molecule has 19 heavy (non-hydrogen) atoms. The summed E-state index contributed by atoms with van der Waals surface area (Å²) >= 11 is 7.31. The first-order valence-corrected chi connectivity index (χ1v) is 7.19. The average Bonchev–Trinajstić information content (AvgIpc) is 2.64. The summed E-state index contributed by atoms with van der Waals surface area (Å²) in [6.07, 6.45) is 0. The van der Waals surface area contributed by atoms with Gasteiger partial charge in [-0.2, -0.15) is 11.8 Å². The molecule has 0 spiro atoms. The first kappa shape index (κ1) is 12.6. The first-order chi connectivity index (χ1) is 9.09. The zero-order valence-corrected chi connectivity index (χ0v) is 11.3. The molecule has 2 aromatic rings. The van der Waals surface area contributed by atoms with E-state index in [0.717, 1.165) is 16.4 Å². The van der Waals surface area contributed by atoms with Gasteiger partial charge in [0.2, 0.25) is 5.88 Å². The molecule has 3 rings (SSSR count). The molecule has 0 radical (unpaired) electrons. The third kappa shape index (κ3) is 1.95. The summed E-state index contributed by atoms with van der Waals surface area (Å²) in [5.74, 6) is 0.516. The number of imidazole rings is 1. The second kappa shape index (κ2) is 4.61. The van der Waals surface area contributed by atoms with E-state index in [1.807, 2.05) is 0 Å². The maximum Gasteiger partial charge on any atom is 0.336 e. The highest BCUT2D eigenvalue weighted by Gasteiger charge is 2.24. The lowest BCUT2D eigenvalue weighted by molar-refractivity contribution is 0.433. The number of aromatic nitrogens is 2. The van der Waals surface area contributed by atoms with Crippen LogP contribution in [0.3, 0.4) is 0 Å². The zero-order valence-electron chi connectivity index (χ0n) is 9.77. The van der Waals surface area contributed by atoms with Crippen LogP contribution in [0.4, 0.5) is 4.39 Å². The highest BCUT2D eigenvalue weighted by atomic mass is 35.5. The number of rotatable bonds is 1. The molecule has 0 aliphatic carbocycles. The Hall–Kier alpha value is -1.40. The highest BCUT2D eigenvalue weighted by Crippen LogP contribution is 2.29. The second-order valence-corrected chi connectivity index (χ2v) is 5.73. The molecular formula is C12H10ClFN2O2S. The van der Waals surface area contributed by atoms with E-state index < -0.39 is 11.5 Å². The van der Waals surface area contributed by atoms with Gasteiger partial charge in [0.05, 0.1) is 11.4 Å². The number of thioether (sulfide) groups is 1. The van der Waals surface area contributed by atoms with E-state index in [0.29, 0.717) is 18.0 Å². The minimum absolute atomic E-state index is 0.0128. The molecule has 0 saturated carbocycles. The van der Waals surface area contributed by atoms with Crippen LogP contribution in [0.1, 0.15) is 5.69 Å². The van der Waals surface area contributed by atoms with Gasteiger partial charge in [0, 0.05) is 23.1 Å². The lowest BCUT2D eigenvalue weighted by Crippen LogP contribution is -2.26. The van der Waals surface area contributed by atoms with Crippen molar-refractivity contribution in [1.82, 2.24) is 9.13 Å². The molecule has 1 N–H and O–H groups in total. The Morgan fingerprint density at radius 2 is 2.21 bits per heavy atom. The van der Waals surface area contributed by atoms with Crippen LogP contribution in [-0.4, -0.2) is 20.0 Å². The van der Waals surface area contributed by atoms with E-state index in [-0.39, 0.29) is 16.6 Å². The fourth-order valence-corrected chi connectivity index (χ4v) is 3.25. The summed E-state index contributed by atoms with van der Waals surface area (Å²) in [6.45, 7) is 0.522. The Balaban J connectivity index is 2.26. The molecule has 0 fully saturated rings. The van der Waals surface area contributed by atoms with Crippen LogP contribution >= 0.6 is 23.4 Å². The number of fused-ring (bicyclic) bond motifs is 1. The lowest BCUT2D eigenvalue weighted by Gasteiger charge is -2.11. The van der Waals surface area contributed by atoms with Crippen molar-refractivity contribution < 1.29 is 9.50 Å². The summed E-state index contributed by atoms with van der Waals surface area (Å²) in [4.78, 5) is 12.2. The topological polar surface area (TPSA) is 47.2 Å². The van der Waals surface area contributed by atoms with Crippen molar-refractivity contribution in [2.75, 3.05) is 5.75 Å². The van der Waals surface area contributed by atoms with Crippen LogP contribution in [0.5, 0.6) is 5.88 Å². The minimum Gasteiger partial charge on any atom is -0.493 e. The monoisotopic (exact) mass is 300 g/mol. The van der Waals surface area contributed by atoms with E-state index in [1.165, 1.54) is 16.7 Å². The number of aromatic hydroxyl groups is 1. The number of hydrogen-bond acceptors (Lipinski definition) is 3. The van der Waals surface area contributed by atoms with E-state index >= 15 is 0 Å². The third-order valence-corrected chi connectivity index (χ3v) is 4.25. The molecule has 0 bridgehead atoms. The van der Waals surface area contributed by atoms with Crippen molar-refractivity contribution in [3.63, 3.8) is 0 Å². The van der Waals surface area contributed by atoms with Crippen molar-refractivity contribution in [3.8, 4) is 11.6 Å². The van der Waals surface area contributed by atoms with Crippen molar-refractivity contribution in [2.45, 2.75) is 12.3 Å². The summed E-state index contributed by atoms with van der Waals surface area (Å²) in [5.41, 5.74) is 0.128. The standard InChI is InChI=1S/C12H10ClFN2O2S/c13-7-1-2-9(8(14)5-7)16-11(17)10-6-19-4-3-15(10)12(16)18/h1-2,5,17H,3-4,6H2. The Labute approximate surface area is 117 Å². The molecule has 4 nitrogen and oxygen atoms in total. The zero-order chi connectivity index (χ0) is 13.6. The van der Waals surface area contributed by atoms with Gasteiger partial charge in [0.1, 0.15) is 5.82 Å². The molecule has 0 unspecified atom stereocenters. The molecule has 1 aromatic carbocycles. The fraction of sp³-hybridized carbons (Fsp3) is 0.250. The molecule has 1 aromatic heterocycles. The van der Waals surface area contributed by atoms with Crippen LogP contribution in [0.2, 0.25) is 5.02 Å². The van der Waals surface area contributed by atoms with E-state index in [2.05, 4.69) is 0 Å². The quantitative estimate of drug-likeness (QED) is 0.879. The van der Waals surface area contributed by atoms with Crippen LogP contribution in [0, 0.1) is 5.82 Å². The van der Waals surface area contributed by atoms with Crippen LogP contribution in [-0.2, 0) is 12.3 Å². The SMILES string of the molecule is O=c1n2c(c(O)n1-c1ccc(Cl)cc1F)CSCC2. The molecule has 1 aliphatic heterocycles. The second-order valence-electron chi connectivity index (χ2n) is 4.19. The van der Waals surface area contributed by atoms with Gasteiger partial charge in [0.15, 0.2) is 0 Å². The number of halogens is 2. The normalized spacial score (nSPS) is 14.4. The predicted molar refractivity (Wildman–Crippen MR) is 72.8 cm³/mol. The molecule has 0 atom stereocenters. The molecular weight excluding hydrogens is 291 g/mol. The number of nitrogens with zero attached hydrogens (tertiary/aromatic N) is 2. The smallest absolute Gasteiger partial charge is 0.336 e. The van der Waals surface area contributed by atoms with Crippen molar-refractivity contribution in [1.29, 1.82) is 0 Å². The average molecular weight is 301 g/mol. The van der Waals surface area contributed by atoms with Crippen molar-refractivity contribution in [3.05, 3.63) is 45.2 Å². The Kier molecular flexibility index (Phi) is 3.06. The largest absolute Gasteiger partial charge is 0.493 e. The van der Waals surface area contributed by atoms with Crippen LogP contribution < -0.4 is 5.69 Å². The molecule has 0 saturated heterocycles. The van der Waals surface area contributed by atoms with E-state index in [1.54, 1.807) is 11.8 Å². The van der Waals surface area contributed by atoms with Gasteiger partial charge < -0.3 is 5.11 Å². The summed E-state index contributed by atoms with van der Waals surface area (Å²) in [5, 5.41) is 10.4. The summed E-state index contributed by atoms with van der Waals surface area (Å²) in [7, 11) is 0. The van der Waals surface area contributed by atoms with Gasteiger partial charge in [0.25, 0.3) is 0 Å². The van der Waals surface area contributed by atoms with Crippen LogP contribution in [0.15, 0.2) is 23.0 Å². The maximum absolute atomic E-state index is 13.9. The van der Waals surface area contributed by atoms with E-state index in [9.17, 15) is 14.3 Å². The summed E-state index contributed by atoms with van der Waals surface area (Å²) in [6, 6.07) is 3.99. The van der Waals surface area contributed by atoms with Gasteiger partial charge in [-0.1, -0.05) is 11.6 Å². The first-order valence-electron chi connectivity index (χ1n) is 5.66. The van der Waals surface area contributed by atoms with Gasteiger partial charge in [-0.05, 0) is 18.2 Å². The fourth-order valence-electron chi connectivity index (χ4n) is 2.15. The van der Waals surface area contributed by atoms with Gasteiger partial charge in [-0.15, -0.1) is 0 Å². The van der Waals surface area contributed by atoms with Gasteiger partial charge >= 0.3 is 5.69 Å². The van der Waals surface area contributed by atoms with Crippen molar-refractivity contribution in [2.24, 2.45) is 0 Å². The molecule has 7 heteroatoms. The Morgan fingerprint density at radius 1 is 1.42 bits per heavy atom. The molecule has 100 valence electrons. The van der Waals surface area contributed by atoms with Gasteiger partial charge in [-0.3, -0.25) is 4.57 Å². The van der Waals surface area contributed by atoms with Crippen molar-refractivity contribution >= 4 is 23.4 Å².